The maximum absolute atomic E-state index is 13.1. The van der Waals surface area contributed by atoms with E-state index in [0.717, 1.165) is 16.7 Å². The summed E-state index contributed by atoms with van der Waals surface area (Å²) in [5.41, 5.74) is -0.488. The second kappa shape index (κ2) is 9.56. The van der Waals surface area contributed by atoms with Crippen molar-refractivity contribution in [1.29, 1.82) is 0 Å². The Hall–Kier alpha value is -3.02. The number of imidazole rings is 1. The number of esters is 1. The second-order valence-electron chi connectivity index (χ2n) is 7.13. The summed E-state index contributed by atoms with van der Waals surface area (Å²) >= 11 is 18.6. The van der Waals surface area contributed by atoms with E-state index in [1.807, 2.05) is 0 Å². The van der Waals surface area contributed by atoms with Crippen LogP contribution in [0.4, 0.5) is 13.2 Å². The molecule has 0 fully saturated rings. The number of pyridine rings is 1. The fraction of sp³-hybridized carbons (Fsp3) is 0.238. The number of alkyl halides is 3. The number of carbonyl (C=O) groups is 1. The van der Waals surface area contributed by atoms with Crippen LogP contribution in [-0.2, 0) is 15.7 Å². The highest BCUT2D eigenvalue weighted by atomic mass is 35.5. The van der Waals surface area contributed by atoms with Crippen LogP contribution < -0.4 is 4.74 Å². The molecule has 4 rings (SSSR count). The highest BCUT2D eigenvalue weighted by molar-refractivity contribution is 6.36. The van der Waals surface area contributed by atoms with E-state index in [1.165, 1.54) is 25.3 Å². The first-order valence-electron chi connectivity index (χ1n) is 9.90. The zero-order chi connectivity index (χ0) is 25.5. The molecule has 3 aromatic heterocycles. The maximum Gasteiger partial charge on any atom is 0.417 e. The summed E-state index contributed by atoms with van der Waals surface area (Å²) in [6.45, 7) is 3.37. The van der Waals surface area contributed by atoms with E-state index in [0.29, 0.717) is 0 Å². The van der Waals surface area contributed by atoms with Crippen LogP contribution in [0.2, 0.25) is 15.1 Å². The van der Waals surface area contributed by atoms with Crippen molar-refractivity contribution in [3.63, 3.8) is 0 Å². The van der Waals surface area contributed by atoms with E-state index in [9.17, 15) is 18.0 Å². The van der Waals surface area contributed by atoms with E-state index in [-0.39, 0.29) is 56.0 Å². The van der Waals surface area contributed by atoms with Crippen LogP contribution in [0.25, 0.3) is 28.6 Å². The molecule has 1 atom stereocenters. The van der Waals surface area contributed by atoms with Gasteiger partial charge >= 0.3 is 12.1 Å². The lowest BCUT2D eigenvalue weighted by molar-refractivity contribution is -0.150. The van der Waals surface area contributed by atoms with Gasteiger partial charge in [-0.1, -0.05) is 40.0 Å². The first kappa shape index (κ1) is 25.1. The summed E-state index contributed by atoms with van der Waals surface area (Å²) in [5, 5.41) is 3.91. The van der Waals surface area contributed by atoms with Gasteiger partial charge in [-0.05, 0) is 26.0 Å². The Morgan fingerprint density at radius 3 is 2.54 bits per heavy atom. The minimum absolute atomic E-state index is 0.0380. The number of hydrogen-bond acceptors (Lipinski definition) is 7. The molecule has 0 aliphatic carbocycles. The molecular weight excluding hydrogens is 536 g/mol. The van der Waals surface area contributed by atoms with Crippen molar-refractivity contribution in [2.45, 2.75) is 26.1 Å². The number of ether oxygens (including phenoxy) is 2. The molecule has 0 bridgehead atoms. The average Bonchev–Trinajstić information content (AvgIpc) is 3.43. The molecular formula is C21H14Cl3F3N4O4. The third kappa shape index (κ3) is 5.16. The topological polar surface area (TPSA) is 91.8 Å². The minimum Gasteiger partial charge on any atom is -0.477 e. The van der Waals surface area contributed by atoms with Crippen LogP contribution in [-0.4, -0.2) is 38.2 Å². The fourth-order valence-corrected chi connectivity index (χ4v) is 3.74. The molecule has 35 heavy (non-hydrogen) atoms. The number of carbonyl (C=O) groups excluding carboxylic acids is 1. The standard InChI is InChI=1S/C21H14Cl3F3N4O4/c1-3-33-20(32)9(2)34-16-6-12(22)11(5-13(16)23)17-29-19(35-30-17)15-8-31-7-10(21(25,26)27)4-14(24)18(31)28-15/h4-9H,3H2,1-2H3/t9-/m1/s1. The van der Waals surface area contributed by atoms with Gasteiger partial charge < -0.3 is 18.4 Å². The number of nitrogens with zero attached hydrogens (tertiary/aromatic N) is 4. The highest BCUT2D eigenvalue weighted by Crippen LogP contribution is 2.37. The molecule has 0 amide bonds. The normalized spacial score (nSPS) is 12.7. The second-order valence-corrected chi connectivity index (χ2v) is 8.35. The molecule has 184 valence electrons. The first-order chi connectivity index (χ1) is 16.5. The van der Waals surface area contributed by atoms with Gasteiger partial charge in [-0.15, -0.1) is 0 Å². The van der Waals surface area contributed by atoms with Crippen molar-refractivity contribution in [2.75, 3.05) is 6.61 Å². The summed E-state index contributed by atoms with van der Waals surface area (Å²) in [4.78, 5) is 20.2. The summed E-state index contributed by atoms with van der Waals surface area (Å²) in [6, 6.07) is 3.58. The number of hydrogen-bond donors (Lipinski definition) is 0. The Balaban J connectivity index is 1.63. The average molecular weight is 550 g/mol. The third-order valence-electron chi connectivity index (χ3n) is 4.66. The molecule has 0 unspecified atom stereocenters. The molecule has 0 saturated carbocycles. The van der Waals surface area contributed by atoms with Crippen molar-refractivity contribution < 1.29 is 32.0 Å². The molecule has 0 aliphatic heterocycles. The monoisotopic (exact) mass is 548 g/mol. The Morgan fingerprint density at radius 2 is 1.86 bits per heavy atom. The Bertz CT molecular complexity index is 1420. The zero-order valence-corrected chi connectivity index (χ0v) is 20.1. The summed E-state index contributed by atoms with van der Waals surface area (Å²) in [5.74, 6) is -0.477. The van der Waals surface area contributed by atoms with E-state index in [4.69, 9.17) is 48.8 Å². The number of rotatable bonds is 6. The van der Waals surface area contributed by atoms with Crippen molar-refractivity contribution in [1.82, 2.24) is 19.5 Å². The van der Waals surface area contributed by atoms with Crippen molar-refractivity contribution in [3.8, 4) is 28.7 Å². The largest absolute Gasteiger partial charge is 0.477 e. The van der Waals surface area contributed by atoms with Gasteiger partial charge in [-0.2, -0.15) is 18.2 Å². The predicted molar refractivity (Wildman–Crippen MR) is 121 cm³/mol. The minimum atomic E-state index is -4.58. The lowest BCUT2D eigenvalue weighted by Gasteiger charge is -2.15. The van der Waals surface area contributed by atoms with Gasteiger partial charge in [-0.3, -0.25) is 0 Å². The molecule has 0 N–H and O–H groups in total. The number of fused-ring (bicyclic) bond motifs is 1. The van der Waals surface area contributed by atoms with Gasteiger partial charge in [-0.25, -0.2) is 9.78 Å². The van der Waals surface area contributed by atoms with E-state index in [1.54, 1.807) is 6.92 Å². The Kier molecular flexibility index (Phi) is 6.85. The molecule has 3 heterocycles. The smallest absolute Gasteiger partial charge is 0.417 e. The highest BCUT2D eigenvalue weighted by Gasteiger charge is 2.32. The molecule has 0 spiro atoms. The van der Waals surface area contributed by atoms with Gasteiger partial charge in [0.1, 0.15) is 11.4 Å². The van der Waals surface area contributed by atoms with Crippen molar-refractivity contribution in [3.05, 3.63) is 51.2 Å². The van der Waals surface area contributed by atoms with Gasteiger partial charge in [0.15, 0.2) is 11.8 Å². The van der Waals surface area contributed by atoms with Gasteiger partial charge in [0.05, 0.1) is 27.2 Å². The molecule has 0 radical (unpaired) electrons. The Morgan fingerprint density at radius 1 is 1.11 bits per heavy atom. The molecule has 1 aromatic carbocycles. The summed E-state index contributed by atoms with van der Waals surface area (Å²) < 4.78 is 56.0. The van der Waals surface area contributed by atoms with Crippen LogP contribution in [0.3, 0.4) is 0 Å². The van der Waals surface area contributed by atoms with Gasteiger partial charge in [0.25, 0.3) is 5.89 Å². The number of aromatic nitrogens is 4. The lowest BCUT2D eigenvalue weighted by atomic mass is 10.2. The maximum atomic E-state index is 13.1. The SMILES string of the molecule is CCOC(=O)[C@@H](C)Oc1cc(Cl)c(-c2noc(-c3cn4cc(C(F)(F)F)cc(Cl)c4n3)n2)cc1Cl. The quantitative estimate of drug-likeness (QED) is 0.258. The van der Waals surface area contributed by atoms with Crippen molar-refractivity contribution in [2.24, 2.45) is 0 Å². The van der Waals surface area contributed by atoms with Crippen LogP contribution in [0.5, 0.6) is 5.75 Å². The summed E-state index contributed by atoms with van der Waals surface area (Å²) in [6.07, 6.45) is -3.39. The van der Waals surface area contributed by atoms with E-state index in [2.05, 4.69) is 15.1 Å². The van der Waals surface area contributed by atoms with Gasteiger partial charge in [0.2, 0.25) is 5.82 Å². The summed E-state index contributed by atoms with van der Waals surface area (Å²) in [7, 11) is 0. The molecule has 14 heteroatoms. The lowest BCUT2D eigenvalue weighted by Crippen LogP contribution is -2.26. The van der Waals surface area contributed by atoms with Crippen LogP contribution in [0.15, 0.2) is 35.1 Å². The van der Waals surface area contributed by atoms with Crippen LogP contribution in [0, 0.1) is 0 Å². The Labute approximate surface area is 210 Å². The predicted octanol–water partition coefficient (Wildman–Crippen LogP) is 6.36. The molecule has 0 aliphatic rings. The molecule has 4 aromatic rings. The third-order valence-corrected chi connectivity index (χ3v) is 5.55. The molecule has 0 saturated heterocycles. The first-order valence-corrected chi connectivity index (χ1v) is 11.0. The fourth-order valence-electron chi connectivity index (χ4n) is 3.04. The number of halogens is 6. The van der Waals surface area contributed by atoms with Crippen LogP contribution >= 0.6 is 34.8 Å². The van der Waals surface area contributed by atoms with Gasteiger partial charge in [0, 0.05) is 24.0 Å². The molecule has 8 nitrogen and oxygen atoms in total. The zero-order valence-electron chi connectivity index (χ0n) is 17.9. The van der Waals surface area contributed by atoms with Crippen molar-refractivity contribution >= 4 is 46.4 Å². The van der Waals surface area contributed by atoms with E-state index >= 15 is 0 Å². The van der Waals surface area contributed by atoms with E-state index < -0.39 is 23.8 Å². The van der Waals surface area contributed by atoms with Crippen LogP contribution in [0.1, 0.15) is 19.4 Å². The number of benzene rings is 1.